The van der Waals surface area contributed by atoms with Crippen molar-refractivity contribution in [2.45, 2.75) is 13.5 Å². The van der Waals surface area contributed by atoms with E-state index in [2.05, 4.69) is 0 Å². The van der Waals surface area contributed by atoms with Gasteiger partial charge in [0, 0.05) is 6.54 Å². The zero-order valence-electron chi connectivity index (χ0n) is 8.15. The van der Waals surface area contributed by atoms with Crippen LogP contribution in [0.25, 0.3) is 0 Å². The summed E-state index contributed by atoms with van der Waals surface area (Å²) in [7, 11) is 0. The Morgan fingerprint density at radius 1 is 1.27 bits per heavy atom. The average molecular weight is 209 g/mol. The summed E-state index contributed by atoms with van der Waals surface area (Å²) < 4.78 is 0. The second-order valence-electron chi connectivity index (χ2n) is 3.09. The predicted molar refractivity (Wildman–Crippen MR) is 53.0 cm³/mol. The van der Waals surface area contributed by atoms with Gasteiger partial charge in [-0.15, -0.1) is 0 Å². The molecule has 0 amide bonds. The molecule has 4 N–H and O–H groups in total. The molecule has 0 unspecified atom stereocenters. The molecule has 0 aliphatic carbocycles. The van der Waals surface area contributed by atoms with Crippen molar-refractivity contribution in [1.29, 1.82) is 0 Å². The number of hydrogen-bond donors (Lipinski definition) is 3. The van der Waals surface area contributed by atoms with Gasteiger partial charge in [0.05, 0.1) is 11.1 Å². The molecule has 0 aliphatic heterocycles. The van der Waals surface area contributed by atoms with Crippen LogP contribution in [-0.4, -0.2) is 22.2 Å². The van der Waals surface area contributed by atoms with E-state index in [4.69, 9.17) is 15.9 Å². The third-order valence-electron chi connectivity index (χ3n) is 2.22. The Balaban J connectivity index is 3.49. The standard InChI is InChI=1S/C10H11NO4/c1-5-7(9(12)13)3-2-6(4-11)8(5)10(14)15/h2-3H,4,11H2,1H3,(H,12,13)(H,14,15). The fourth-order valence-electron chi connectivity index (χ4n) is 1.47. The first-order chi connectivity index (χ1) is 6.99. The highest BCUT2D eigenvalue weighted by Gasteiger charge is 2.18. The number of carboxylic acids is 2. The highest BCUT2D eigenvalue weighted by molar-refractivity contribution is 5.97. The molecule has 1 aromatic carbocycles. The van der Waals surface area contributed by atoms with E-state index in [1.54, 1.807) is 0 Å². The number of nitrogens with two attached hydrogens (primary N) is 1. The van der Waals surface area contributed by atoms with E-state index in [1.165, 1.54) is 19.1 Å². The lowest BCUT2D eigenvalue weighted by Crippen LogP contribution is -2.12. The maximum absolute atomic E-state index is 10.9. The summed E-state index contributed by atoms with van der Waals surface area (Å²) in [5.41, 5.74) is 6.02. The number of carbonyl (C=O) groups is 2. The van der Waals surface area contributed by atoms with E-state index < -0.39 is 11.9 Å². The highest BCUT2D eigenvalue weighted by Crippen LogP contribution is 2.18. The molecule has 0 radical (unpaired) electrons. The minimum Gasteiger partial charge on any atom is -0.478 e. The summed E-state index contributed by atoms with van der Waals surface area (Å²) in [6.07, 6.45) is 0. The highest BCUT2D eigenvalue weighted by atomic mass is 16.4. The first-order valence-corrected chi connectivity index (χ1v) is 4.28. The van der Waals surface area contributed by atoms with Gasteiger partial charge in [-0.2, -0.15) is 0 Å². The number of hydrogen-bond acceptors (Lipinski definition) is 3. The zero-order valence-corrected chi connectivity index (χ0v) is 8.15. The van der Waals surface area contributed by atoms with Crippen LogP contribution in [0.5, 0.6) is 0 Å². The zero-order chi connectivity index (χ0) is 11.6. The van der Waals surface area contributed by atoms with Gasteiger partial charge in [-0.1, -0.05) is 6.07 Å². The summed E-state index contributed by atoms with van der Waals surface area (Å²) in [6, 6.07) is 2.80. The van der Waals surface area contributed by atoms with Crippen LogP contribution in [-0.2, 0) is 6.54 Å². The molecule has 0 saturated carbocycles. The van der Waals surface area contributed by atoms with E-state index in [0.717, 1.165) is 0 Å². The maximum Gasteiger partial charge on any atom is 0.336 e. The first kappa shape index (κ1) is 11.2. The molecule has 0 aromatic heterocycles. The van der Waals surface area contributed by atoms with Crippen LogP contribution in [0, 0.1) is 6.92 Å². The largest absolute Gasteiger partial charge is 0.478 e. The minimum absolute atomic E-state index is 0.00963. The number of carboxylic acid groups (broad SMARTS) is 2. The Morgan fingerprint density at radius 2 is 1.87 bits per heavy atom. The van der Waals surface area contributed by atoms with E-state index in [0.29, 0.717) is 5.56 Å². The lowest BCUT2D eigenvalue weighted by molar-refractivity contribution is 0.0695. The Kier molecular flexibility index (Phi) is 3.06. The van der Waals surface area contributed by atoms with Gasteiger partial charge in [-0.25, -0.2) is 9.59 Å². The molecule has 1 rings (SSSR count). The number of benzene rings is 1. The molecular formula is C10H11NO4. The Morgan fingerprint density at radius 3 is 2.27 bits per heavy atom. The molecule has 5 nitrogen and oxygen atoms in total. The van der Waals surface area contributed by atoms with Crippen LogP contribution in [0.1, 0.15) is 31.8 Å². The topological polar surface area (TPSA) is 101 Å². The third kappa shape index (κ3) is 1.97. The van der Waals surface area contributed by atoms with E-state index in [1.807, 2.05) is 0 Å². The molecule has 0 saturated heterocycles. The molecule has 15 heavy (non-hydrogen) atoms. The van der Waals surface area contributed by atoms with Crippen molar-refractivity contribution >= 4 is 11.9 Å². The second kappa shape index (κ2) is 4.10. The smallest absolute Gasteiger partial charge is 0.336 e. The third-order valence-corrected chi connectivity index (χ3v) is 2.22. The Hall–Kier alpha value is -1.88. The molecule has 0 heterocycles. The molecule has 0 atom stereocenters. The predicted octanol–water partition coefficient (Wildman–Crippen LogP) is 0.850. The molecular weight excluding hydrogens is 198 g/mol. The van der Waals surface area contributed by atoms with Crippen LogP contribution in [0.4, 0.5) is 0 Å². The minimum atomic E-state index is -1.16. The summed E-state index contributed by atoms with van der Waals surface area (Å²) >= 11 is 0. The fourth-order valence-corrected chi connectivity index (χ4v) is 1.47. The monoisotopic (exact) mass is 209 g/mol. The van der Waals surface area contributed by atoms with Crippen molar-refractivity contribution in [3.63, 3.8) is 0 Å². The number of rotatable bonds is 3. The van der Waals surface area contributed by atoms with Crippen molar-refractivity contribution in [3.8, 4) is 0 Å². The van der Waals surface area contributed by atoms with E-state index >= 15 is 0 Å². The first-order valence-electron chi connectivity index (χ1n) is 4.28. The van der Waals surface area contributed by atoms with Crippen LogP contribution in [0.2, 0.25) is 0 Å². The van der Waals surface area contributed by atoms with Gasteiger partial charge in [0.1, 0.15) is 0 Å². The van der Waals surface area contributed by atoms with Gasteiger partial charge in [-0.3, -0.25) is 0 Å². The van der Waals surface area contributed by atoms with Crippen molar-refractivity contribution in [2.75, 3.05) is 0 Å². The Labute approximate surface area is 86.1 Å². The molecule has 0 fully saturated rings. The van der Waals surface area contributed by atoms with Crippen LogP contribution in [0.15, 0.2) is 12.1 Å². The molecule has 1 aromatic rings. The van der Waals surface area contributed by atoms with Gasteiger partial charge in [-0.05, 0) is 24.1 Å². The summed E-state index contributed by atoms with van der Waals surface area (Å²) in [4.78, 5) is 21.7. The van der Waals surface area contributed by atoms with Crippen molar-refractivity contribution in [2.24, 2.45) is 5.73 Å². The lowest BCUT2D eigenvalue weighted by atomic mass is 9.97. The molecule has 5 heteroatoms. The van der Waals surface area contributed by atoms with Crippen LogP contribution < -0.4 is 5.73 Å². The normalized spacial score (nSPS) is 10.0. The van der Waals surface area contributed by atoms with Gasteiger partial charge in [0.15, 0.2) is 0 Å². The quantitative estimate of drug-likeness (QED) is 0.685. The van der Waals surface area contributed by atoms with Gasteiger partial charge < -0.3 is 15.9 Å². The summed E-state index contributed by atoms with van der Waals surface area (Å²) in [5, 5.41) is 17.7. The summed E-state index contributed by atoms with van der Waals surface area (Å²) in [5.74, 6) is -2.30. The van der Waals surface area contributed by atoms with Crippen molar-refractivity contribution in [1.82, 2.24) is 0 Å². The van der Waals surface area contributed by atoms with Crippen molar-refractivity contribution < 1.29 is 19.8 Å². The van der Waals surface area contributed by atoms with Gasteiger partial charge >= 0.3 is 11.9 Å². The SMILES string of the molecule is Cc1c(C(=O)O)ccc(CN)c1C(=O)O. The maximum atomic E-state index is 10.9. The van der Waals surface area contributed by atoms with E-state index in [9.17, 15) is 9.59 Å². The molecule has 0 aliphatic rings. The van der Waals surface area contributed by atoms with Crippen molar-refractivity contribution in [3.05, 3.63) is 34.4 Å². The van der Waals surface area contributed by atoms with Gasteiger partial charge in [0.25, 0.3) is 0 Å². The fraction of sp³-hybridized carbons (Fsp3) is 0.200. The second-order valence-corrected chi connectivity index (χ2v) is 3.09. The Bertz CT molecular complexity index is 426. The average Bonchev–Trinajstić information content (AvgIpc) is 2.15. The molecule has 0 spiro atoms. The van der Waals surface area contributed by atoms with Gasteiger partial charge in [0.2, 0.25) is 0 Å². The number of aromatic carboxylic acids is 2. The molecule has 0 bridgehead atoms. The lowest BCUT2D eigenvalue weighted by Gasteiger charge is -2.09. The molecule has 80 valence electrons. The van der Waals surface area contributed by atoms with Crippen LogP contribution in [0.3, 0.4) is 0 Å². The van der Waals surface area contributed by atoms with Crippen LogP contribution >= 0.6 is 0 Å². The summed E-state index contributed by atoms with van der Waals surface area (Å²) in [6.45, 7) is 1.54. The van der Waals surface area contributed by atoms with E-state index in [-0.39, 0.29) is 23.2 Å².